The lowest BCUT2D eigenvalue weighted by Gasteiger charge is -2.10. The number of hydrogen-bond acceptors (Lipinski definition) is 3. The van der Waals surface area contributed by atoms with Gasteiger partial charge in [-0.05, 0) is 24.6 Å². The SMILES string of the molecule is CCOc1cc(CNC(=O)O)ccc1OC. The molecule has 1 rings (SSSR count). The normalized spacial score (nSPS) is 9.62. The molecule has 0 aliphatic carbocycles. The van der Waals surface area contributed by atoms with Crippen molar-refractivity contribution in [2.24, 2.45) is 0 Å². The zero-order valence-corrected chi connectivity index (χ0v) is 9.32. The topological polar surface area (TPSA) is 67.8 Å². The van der Waals surface area contributed by atoms with Gasteiger partial charge in [0.15, 0.2) is 11.5 Å². The Balaban J connectivity index is 2.79. The largest absolute Gasteiger partial charge is 0.493 e. The number of carbonyl (C=O) groups is 1. The number of nitrogens with one attached hydrogen (secondary N) is 1. The fourth-order valence-corrected chi connectivity index (χ4v) is 1.28. The van der Waals surface area contributed by atoms with Crippen molar-refractivity contribution in [1.82, 2.24) is 5.32 Å². The maximum absolute atomic E-state index is 10.3. The van der Waals surface area contributed by atoms with E-state index in [0.717, 1.165) is 5.56 Å². The summed E-state index contributed by atoms with van der Waals surface area (Å²) in [7, 11) is 1.56. The molecule has 1 aromatic rings. The summed E-state index contributed by atoms with van der Waals surface area (Å²) in [6, 6.07) is 5.30. The van der Waals surface area contributed by atoms with E-state index in [1.54, 1.807) is 25.3 Å². The molecule has 0 atom stereocenters. The van der Waals surface area contributed by atoms with E-state index in [1.807, 2.05) is 6.92 Å². The molecule has 0 aliphatic rings. The summed E-state index contributed by atoms with van der Waals surface area (Å²) in [4.78, 5) is 10.3. The first-order valence-electron chi connectivity index (χ1n) is 4.94. The number of carboxylic acid groups (broad SMARTS) is 1. The number of hydrogen-bond donors (Lipinski definition) is 2. The highest BCUT2D eigenvalue weighted by Gasteiger charge is 2.05. The van der Waals surface area contributed by atoms with Gasteiger partial charge >= 0.3 is 6.09 Å². The zero-order chi connectivity index (χ0) is 12.0. The molecule has 0 aromatic heterocycles. The molecule has 0 saturated carbocycles. The van der Waals surface area contributed by atoms with Crippen LogP contribution >= 0.6 is 0 Å². The van der Waals surface area contributed by atoms with E-state index in [4.69, 9.17) is 14.6 Å². The Morgan fingerprint density at radius 2 is 2.19 bits per heavy atom. The van der Waals surface area contributed by atoms with Crippen LogP contribution in [0.1, 0.15) is 12.5 Å². The summed E-state index contributed by atoms with van der Waals surface area (Å²) < 4.78 is 10.5. The molecule has 88 valence electrons. The molecule has 0 unspecified atom stereocenters. The van der Waals surface area contributed by atoms with Crippen molar-refractivity contribution in [2.45, 2.75) is 13.5 Å². The second kappa shape index (κ2) is 5.85. The lowest BCUT2D eigenvalue weighted by molar-refractivity contribution is 0.194. The zero-order valence-electron chi connectivity index (χ0n) is 9.32. The van der Waals surface area contributed by atoms with Gasteiger partial charge in [0.1, 0.15) is 0 Å². The van der Waals surface area contributed by atoms with Crippen LogP contribution in [0, 0.1) is 0 Å². The Morgan fingerprint density at radius 1 is 1.44 bits per heavy atom. The Hall–Kier alpha value is -1.91. The van der Waals surface area contributed by atoms with Crippen molar-refractivity contribution in [1.29, 1.82) is 0 Å². The van der Waals surface area contributed by atoms with E-state index in [9.17, 15) is 4.79 Å². The molecular formula is C11H15NO4. The van der Waals surface area contributed by atoms with Crippen molar-refractivity contribution in [3.05, 3.63) is 23.8 Å². The van der Waals surface area contributed by atoms with E-state index in [1.165, 1.54) is 0 Å². The first kappa shape index (κ1) is 12.2. The van der Waals surface area contributed by atoms with Gasteiger partial charge in [0.2, 0.25) is 0 Å². The molecule has 2 N–H and O–H groups in total. The highest BCUT2D eigenvalue weighted by Crippen LogP contribution is 2.27. The number of methoxy groups -OCH3 is 1. The molecule has 0 fully saturated rings. The van der Waals surface area contributed by atoms with Gasteiger partial charge in [-0.2, -0.15) is 0 Å². The highest BCUT2D eigenvalue weighted by atomic mass is 16.5. The molecule has 0 aliphatic heterocycles. The molecule has 1 amide bonds. The van der Waals surface area contributed by atoms with Gasteiger partial charge in [0, 0.05) is 6.54 Å². The fourth-order valence-electron chi connectivity index (χ4n) is 1.28. The predicted octanol–water partition coefficient (Wildman–Crippen LogP) is 1.86. The van der Waals surface area contributed by atoms with Gasteiger partial charge in [-0.15, -0.1) is 0 Å². The Bertz CT molecular complexity index is 365. The molecule has 5 heteroatoms. The molecule has 0 saturated heterocycles. The minimum atomic E-state index is -1.05. The molecule has 0 radical (unpaired) electrons. The monoisotopic (exact) mass is 225 g/mol. The van der Waals surface area contributed by atoms with E-state index < -0.39 is 6.09 Å². The van der Waals surface area contributed by atoms with Crippen LogP contribution in [0.15, 0.2) is 18.2 Å². The number of ether oxygens (including phenoxy) is 2. The van der Waals surface area contributed by atoms with Crippen LogP contribution in [0.2, 0.25) is 0 Å². The maximum atomic E-state index is 10.3. The third-order valence-corrected chi connectivity index (χ3v) is 1.97. The minimum Gasteiger partial charge on any atom is -0.493 e. The summed E-state index contributed by atoms with van der Waals surface area (Å²) in [5, 5.41) is 10.8. The van der Waals surface area contributed by atoms with Crippen LogP contribution in [0.5, 0.6) is 11.5 Å². The van der Waals surface area contributed by atoms with Crippen LogP contribution < -0.4 is 14.8 Å². The second-order valence-corrected chi connectivity index (χ2v) is 3.08. The summed E-state index contributed by atoms with van der Waals surface area (Å²) in [5.41, 5.74) is 0.826. The average Bonchev–Trinajstić information content (AvgIpc) is 2.27. The fraction of sp³-hybridized carbons (Fsp3) is 0.364. The molecular weight excluding hydrogens is 210 g/mol. The van der Waals surface area contributed by atoms with Crippen LogP contribution in [-0.2, 0) is 6.54 Å². The quantitative estimate of drug-likeness (QED) is 0.802. The van der Waals surface area contributed by atoms with Gasteiger partial charge in [-0.25, -0.2) is 4.79 Å². The predicted molar refractivity (Wildman–Crippen MR) is 59.0 cm³/mol. The molecule has 5 nitrogen and oxygen atoms in total. The Kier molecular flexibility index (Phi) is 4.44. The van der Waals surface area contributed by atoms with E-state index >= 15 is 0 Å². The van der Waals surface area contributed by atoms with E-state index in [0.29, 0.717) is 18.1 Å². The van der Waals surface area contributed by atoms with Crippen LogP contribution in [0.25, 0.3) is 0 Å². The van der Waals surface area contributed by atoms with Crippen molar-refractivity contribution in [3.63, 3.8) is 0 Å². The van der Waals surface area contributed by atoms with Crippen molar-refractivity contribution in [3.8, 4) is 11.5 Å². The lowest BCUT2D eigenvalue weighted by Crippen LogP contribution is -2.19. The first-order chi connectivity index (χ1) is 7.67. The number of amides is 1. The minimum absolute atomic E-state index is 0.249. The third kappa shape index (κ3) is 3.34. The lowest BCUT2D eigenvalue weighted by atomic mass is 10.2. The number of rotatable bonds is 5. The second-order valence-electron chi connectivity index (χ2n) is 3.08. The van der Waals surface area contributed by atoms with Gasteiger partial charge in [-0.3, -0.25) is 0 Å². The summed E-state index contributed by atoms with van der Waals surface area (Å²) in [6.07, 6.45) is -1.05. The molecule has 0 spiro atoms. The van der Waals surface area contributed by atoms with Gasteiger partial charge in [0.05, 0.1) is 13.7 Å². The van der Waals surface area contributed by atoms with Crippen LogP contribution in [0.3, 0.4) is 0 Å². The van der Waals surface area contributed by atoms with Gasteiger partial charge < -0.3 is 19.9 Å². The van der Waals surface area contributed by atoms with Crippen LogP contribution in [0.4, 0.5) is 4.79 Å². The molecule has 0 bridgehead atoms. The Labute approximate surface area is 94.0 Å². The van der Waals surface area contributed by atoms with Crippen LogP contribution in [-0.4, -0.2) is 24.9 Å². The van der Waals surface area contributed by atoms with Crippen molar-refractivity contribution in [2.75, 3.05) is 13.7 Å². The molecule has 1 aromatic carbocycles. The molecule has 0 heterocycles. The van der Waals surface area contributed by atoms with E-state index in [-0.39, 0.29) is 6.54 Å². The summed E-state index contributed by atoms with van der Waals surface area (Å²) in [5.74, 6) is 1.26. The van der Waals surface area contributed by atoms with Crippen molar-refractivity contribution >= 4 is 6.09 Å². The number of benzene rings is 1. The summed E-state index contributed by atoms with van der Waals surface area (Å²) >= 11 is 0. The van der Waals surface area contributed by atoms with Crippen molar-refractivity contribution < 1.29 is 19.4 Å². The first-order valence-corrected chi connectivity index (χ1v) is 4.94. The average molecular weight is 225 g/mol. The van der Waals surface area contributed by atoms with Gasteiger partial charge in [0.25, 0.3) is 0 Å². The molecule has 16 heavy (non-hydrogen) atoms. The third-order valence-electron chi connectivity index (χ3n) is 1.97. The highest BCUT2D eigenvalue weighted by molar-refractivity contribution is 5.64. The van der Waals surface area contributed by atoms with Gasteiger partial charge in [-0.1, -0.05) is 6.07 Å². The maximum Gasteiger partial charge on any atom is 0.404 e. The van der Waals surface area contributed by atoms with E-state index in [2.05, 4.69) is 5.32 Å². The standard InChI is InChI=1S/C11H15NO4/c1-3-16-10-6-8(7-12-11(13)14)4-5-9(10)15-2/h4-6,12H,3,7H2,1-2H3,(H,13,14). The Morgan fingerprint density at radius 3 is 2.75 bits per heavy atom. The smallest absolute Gasteiger partial charge is 0.404 e. The summed E-state index contributed by atoms with van der Waals surface area (Å²) in [6.45, 7) is 2.66.